The normalized spacial score (nSPS) is 11.1. The molecule has 0 aliphatic heterocycles. The van der Waals surface area contributed by atoms with Gasteiger partial charge >= 0.3 is 0 Å². The molecule has 0 saturated carbocycles. The molecule has 0 spiro atoms. The molecule has 0 aliphatic carbocycles. The SMILES string of the molecule is CCOc1ccc(CNc2cccc(S(C)(=O)=O)c2)cc1. The molecule has 5 heteroatoms. The maximum absolute atomic E-state index is 11.5. The summed E-state index contributed by atoms with van der Waals surface area (Å²) in [5.41, 5.74) is 1.88. The second kappa shape index (κ2) is 6.63. The van der Waals surface area contributed by atoms with E-state index in [-0.39, 0.29) is 0 Å². The van der Waals surface area contributed by atoms with Crippen molar-refractivity contribution in [1.82, 2.24) is 0 Å². The molecule has 0 saturated heterocycles. The topological polar surface area (TPSA) is 55.4 Å². The number of ether oxygens (including phenoxy) is 1. The van der Waals surface area contributed by atoms with Gasteiger partial charge in [0.2, 0.25) is 0 Å². The van der Waals surface area contributed by atoms with E-state index in [4.69, 9.17) is 4.74 Å². The zero-order valence-corrected chi connectivity index (χ0v) is 13.0. The van der Waals surface area contributed by atoms with Gasteiger partial charge < -0.3 is 10.1 Å². The maximum Gasteiger partial charge on any atom is 0.175 e. The van der Waals surface area contributed by atoms with Crippen LogP contribution in [-0.2, 0) is 16.4 Å². The molecule has 0 amide bonds. The molecule has 21 heavy (non-hydrogen) atoms. The van der Waals surface area contributed by atoms with Gasteiger partial charge in [0.25, 0.3) is 0 Å². The van der Waals surface area contributed by atoms with Crippen LogP contribution in [0.1, 0.15) is 12.5 Å². The highest BCUT2D eigenvalue weighted by molar-refractivity contribution is 7.90. The fourth-order valence-electron chi connectivity index (χ4n) is 1.91. The average Bonchev–Trinajstić information content (AvgIpc) is 2.46. The molecule has 2 aromatic carbocycles. The third-order valence-corrected chi connectivity index (χ3v) is 4.10. The van der Waals surface area contributed by atoms with E-state index in [0.717, 1.165) is 17.0 Å². The van der Waals surface area contributed by atoms with Gasteiger partial charge in [0.15, 0.2) is 9.84 Å². The van der Waals surface area contributed by atoms with Crippen LogP contribution in [0.2, 0.25) is 0 Å². The lowest BCUT2D eigenvalue weighted by Gasteiger charge is -2.09. The van der Waals surface area contributed by atoms with Gasteiger partial charge in [-0.15, -0.1) is 0 Å². The van der Waals surface area contributed by atoms with Crippen LogP contribution in [0.5, 0.6) is 5.75 Å². The van der Waals surface area contributed by atoms with E-state index in [1.807, 2.05) is 37.3 Å². The standard InChI is InChI=1S/C16H19NO3S/c1-3-20-15-9-7-13(8-10-15)12-17-14-5-4-6-16(11-14)21(2,18)19/h4-11,17H,3,12H2,1-2H3. The van der Waals surface area contributed by atoms with Crippen molar-refractivity contribution in [2.24, 2.45) is 0 Å². The highest BCUT2D eigenvalue weighted by Crippen LogP contribution is 2.17. The Balaban J connectivity index is 2.03. The fraction of sp³-hybridized carbons (Fsp3) is 0.250. The van der Waals surface area contributed by atoms with E-state index in [2.05, 4.69) is 5.32 Å². The lowest BCUT2D eigenvalue weighted by molar-refractivity contribution is 0.340. The number of nitrogens with one attached hydrogen (secondary N) is 1. The van der Waals surface area contributed by atoms with E-state index in [9.17, 15) is 8.42 Å². The molecule has 0 aromatic heterocycles. The van der Waals surface area contributed by atoms with Gasteiger partial charge in [-0.2, -0.15) is 0 Å². The van der Waals surface area contributed by atoms with Crippen LogP contribution >= 0.6 is 0 Å². The molecule has 1 N–H and O–H groups in total. The lowest BCUT2D eigenvalue weighted by atomic mass is 10.2. The van der Waals surface area contributed by atoms with Gasteiger partial charge in [-0.1, -0.05) is 18.2 Å². The van der Waals surface area contributed by atoms with Crippen LogP contribution in [-0.4, -0.2) is 21.3 Å². The van der Waals surface area contributed by atoms with E-state index >= 15 is 0 Å². The Morgan fingerprint density at radius 2 is 1.81 bits per heavy atom. The molecule has 0 unspecified atom stereocenters. The molecule has 0 fully saturated rings. The molecule has 0 aliphatic rings. The van der Waals surface area contributed by atoms with Crippen molar-refractivity contribution < 1.29 is 13.2 Å². The smallest absolute Gasteiger partial charge is 0.175 e. The molecule has 2 rings (SSSR count). The minimum Gasteiger partial charge on any atom is -0.494 e. The van der Waals surface area contributed by atoms with Crippen molar-refractivity contribution in [2.75, 3.05) is 18.2 Å². The van der Waals surface area contributed by atoms with Crippen molar-refractivity contribution in [1.29, 1.82) is 0 Å². The van der Waals surface area contributed by atoms with Crippen molar-refractivity contribution in [3.05, 3.63) is 54.1 Å². The van der Waals surface area contributed by atoms with Crippen LogP contribution in [0.25, 0.3) is 0 Å². The van der Waals surface area contributed by atoms with Gasteiger partial charge in [-0.05, 0) is 42.8 Å². The maximum atomic E-state index is 11.5. The summed E-state index contributed by atoms with van der Waals surface area (Å²) >= 11 is 0. The number of sulfone groups is 1. The summed E-state index contributed by atoms with van der Waals surface area (Å²) in [6, 6.07) is 14.6. The first-order valence-corrected chi connectivity index (χ1v) is 8.64. The lowest BCUT2D eigenvalue weighted by Crippen LogP contribution is -2.02. The molecular formula is C16H19NO3S. The van der Waals surface area contributed by atoms with E-state index in [0.29, 0.717) is 18.0 Å². The van der Waals surface area contributed by atoms with Gasteiger partial charge in [0.1, 0.15) is 5.75 Å². The predicted molar refractivity (Wildman–Crippen MR) is 84.5 cm³/mol. The first-order valence-electron chi connectivity index (χ1n) is 6.75. The first-order chi connectivity index (χ1) is 9.99. The summed E-state index contributed by atoms with van der Waals surface area (Å²) in [6.07, 6.45) is 1.21. The van der Waals surface area contributed by atoms with Crippen LogP contribution in [0.4, 0.5) is 5.69 Å². The van der Waals surface area contributed by atoms with Crippen molar-refractivity contribution in [3.8, 4) is 5.75 Å². The van der Waals surface area contributed by atoms with Crippen LogP contribution < -0.4 is 10.1 Å². The Bertz CT molecular complexity index is 694. The van der Waals surface area contributed by atoms with Gasteiger partial charge in [-0.3, -0.25) is 0 Å². The van der Waals surface area contributed by atoms with E-state index in [1.165, 1.54) is 6.26 Å². The Hall–Kier alpha value is -2.01. The number of benzene rings is 2. The first kappa shape index (κ1) is 15.4. The Kier molecular flexibility index (Phi) is 4.85. The summed E-state index contributed by atoms with van der Waals surface area (Å²) < 4.78 is 28.4. The molecule has 2 aromatic rings. The van der Waals surface area contributed by atoms with Crippen molar-refractivity contribution >= 4 is 15.5 Å². The second-order valence-electron chi connectivity index (χ2n) is 4.73. The zero-order chi connectivity index (χ0) is 15.3. The minimum absolute atomic E-state index is 0.319. The minimum atomic E-state index is -3.18. The number of rotatable bonds is 6. The van der Waals surface area contributed by atoms with Crippen LogP contribution in [0.3, 0.4) is 0 Å². The third kappa shape index (κ3) is 4.49. The van der Waals surface area contributed by atoms with Crippen molar-refractivity contribution in [3.63, 3.8) is 0 Å². The Labute approximate surface area is 125 Å². The number of hydrogen-bond acceptors (Lipinski definition) is 4. The second-order valence-corrected chi connectivity index (χ2v) is 6.75. The van der Waals surface area contributed by atoms with Gasteiger partial charge in [0.05, 0.1) is 11.5 Å². The summed E-state index contributed by atoms with van der Waals surface area (Å²) in [7, 11) is -3.18. The van der Waals surface area contributed by atoms with E-state index < -0.39 is 9.84 Å². The summed E-state index contributed by atoms with van der Waals surface area (Å²) in [4.78, 5) is 0.319. The third-order valence-electron chi connectivity index (χ3n) is 2.99. The van der Waals surface area contributed by atoms with Gasteiger partial charge in [0, 0.05) is 18.5 Å². The molecule has 0 bridgehead atoms. The monoisotopic (exact) mass is 305 g/mol. The average molecular weight is 305 g/mol. The highest BCUT2D eigenvalue weighted by atomic mass is 32.2. The summed E-state index contributed by atoms with van der Waals surface area (Å²) in [5, 5.41) is 3.22. The highest BCUT2D eigenvalue weighted by Gasteiger charge is 2.07. The molecule has 0 radical (unpaired) electrons. The fourth-order valence-corrected chi connectivity index (χ4v) is 2.58. The predicted octanol–water partition coefficient (Wildman–Crippen LogP) is 3.10. The van der Waals surface area contributed by atoms with Crippen molar-refractivity contribution in [2.45, 2.75) is 18.4 Å². The quantitative estimate of drug-likeness (QED) is 0.891. The zero-order valence-electron chi connectivity index (χ0n) is 12.2. The van der Waals surface area contributed by atoms with Crippen LogP contribution in [0.15, 0.2) is 53.4 Å². The Morgan fingerprint density at radius 3 is 2.43 bits per heavy atom. The van der Waals surface area contributed by atoms with Gasteiger partial charge in [-0.25, -0.2) is 8.42 Å². The largest absolute Gasteiger partial charge is 0.494 e. The molecule has 0 heterocycles. The Morgan fingerprint density at radius 1 is 1.10 bits per heavy atom. The summed E-state index contributed by atoms with van der Waals surface area (Å²) in [5.74, 6) is 0.848. The molecule has 112 valence electrons. The van der Waals surface area contributed by atoms with Crippen LogP contribution in [0, 0.1) is 0 Å². The van der Waals surface area contributed by atoms with E-state index in [1.54, 1.807) is 18.2 Å². The number of anilines is 1. The summed E-state index contributed by atoms with van der Waals surface area (Å²) in [6.45, 7) is 3.22. The molecule has 0 atom stereocenters. The molecule has 4 nitrogen and oxygen atoms in total. The molecular weight excluding hydrogens is 286 g/mol. The number of hydrogen-bond donors (Lipinski definition) is 1.